The standard InChI is InChI=1S/C21H33N3O2/c1-17-6-4-5-7-19(17)22-20(25)18(2)24-10-8-21(3,9-11-24)16-23-12-14-26-15-13-23/h4-7,18H,8-16H2,1-3H3,(H,22,25)/t18-/m0/s1. The van der Waals surface area contributed by atoms with Crippen LogP contribution in [0.5, 0.6) is 0 Å². The molecule has 0 aromatic heterocycles. The highest BCUT2D eigenvalue weighted by Crippen LogP contribution is 2.33. The molecule has 2 saturated heterocycles. The summed E-state index contributed by atoms with van der Waals surface area (Å²) in [5.41, 5.74) is 2.36. The zero-order valence-electron chi connectivity index (χ0n) is 16.5. The Morgan fingerprint density at radius 3 is 2.50 bits per heavy atom. The SMILES string of the molecule is Cc1ccccc1NC(=O)[C@H](C)N1CCC(C)(CN2CCOCC2)CC1. The summed E-state index contributed by atoms with van der Waals surface area (Å²) in [7, 11) is 0. The Balaban J connectivity index is 1.50. The molecule has 3 rings (SSSR count). The van der Waals surface area contributed by atoms with Crippen molar-refractivity contribution < 1.29 is 9.53 Å². The number of para-hydroxylation sites is 1. The first-order valence-corrected chi connectivity index (χ1v) is 9.87. The second-order valence-electron chi connectivity index (χ2n) is 8.22. The van der Waals surface area contributed by atoms with Gasteiger partial charge in [-0.1, -0.05) is 25.1 Å². The summed E-state index contributed by atoms with van der Waals surface area (Å²) in [6.45, 7) is 13.4. The number of likely N-dealkylation sites (tertiary alicyclic amines) is 1. The molecule has 1 aromatic carbocycles. The monoisotopic (exact) mass is 359 g/mol. The molecular weight excluding hydrogens is 326 g/mol. The third-order valence-corrected chi connectivity index (χ3v) is 6.04. The first-order valence-electron chi connectivity index (χ1n) is 9.87. The van der Waals surface area contributed by atoms with Crippen molar-refractivity contribution in [2.45, 2.75) is 39.7 Å². The van der Waals surface area contributed by atoms with Crippen molar-refractivity contribution in [1.82, 2.24) is 9.80 Å². The Hall–Kier alpha value is -1.43. The summed E-state index contributed by atoms with van der Waals surface area (Å²) in [5.74, 6) is 0.0936. The first kappa shape index (κ1) is 19.3. The molecule has 5 heteroatoms. The molecule has 2 heterocycles. The molecule has 0 aliphatic carbocycles. The van der Waals surface area contributed by atoms with Crippen LogP contribution in [-0.2, 0) is 9.53 Å². The van der Waals surface area contributed by atoms with E-state index in [0.717, 1.165) is 70.0 Å². The van der Waals surface area contributed by atoms with Gasteiger partial charge < -0.3 is 10.1 Å². The normalized spacial score (nSPS) is 22.7. The van der Waals surface area contributed by atoms with Gasteiger partial charge >= 0.3 is 0 Å². The molecule has 1 aromatic rings. The maximum atomic E-state index is 12.7. The number of amides is 1. The number of nitrogens with zero attached hydrogens (tertiary/aromatic N) is 2. The molecule has 2 aliphatic heterocycles. The fourth-order valence-electron chi connectivity index (χ4n) is 4.02. The zero-order chi connectivity index (χ0) is 18.6. The van der Waals surface area contributed by atoms with Crippen LogP contribution >= 0.6 is 0 Å². The van der Waals surface area contributed by atoms with Crippen molar-refractivity contribution >= 4 is 11.6 Å². The van der Waals surface area contributed by atoms with Gasteiger partial charge in [0, 0.05) is 25.3 Å². The minimum atomic E-state index is -0.0949. The van der Waals surface area contributed by atoms with Gasteiger partial charge in [0.1, 0.15) is 0 Å². The topological polar surface area (TPSA) is 44.8 Å². The number of aryl methyl sites for hydroxylation is 1. The summed E-state index contributed by atoms with van der Waals surface area (Å²) in [4.78, 5) is 17.5. The predicted molar refractivity (Wildman–Crippen MR) is 105 cm³/mol. The van der Waals surface area contributed by atoms with Crippen LogP contribution in [0.25, 0.3) is 0 Å². The van der Waals surface area contributed by atoms with Gasteiger partial charge in [-0.25, -0.2) is 0 Å². The number of rotatable bonds is 5. The van der Waals surface area contributed by atoms with Gasteiger partial charge in [0.05, 0.1) is 19.3 Å². The lowest BCUT2D eigenvalue weighted by atomic mass is 9.79. The Kier molecular flexibility index (Phi) is 6.33. The fraction of sp³-hybridized carbons (Fsp3) is 0.667. The minimum Gasteiger partial charge on any atom is -0.379 e. The van der Waals surface area contributed by atoms with E-state index in [-0.39, 0.29) is 11.9 Å². The molecule has 0 radical (unpaired) electrons. The smallest absolute Gasteiger partial charge is 0.241 e. The molecule has 0 spiro atoms. The number of carbonyl (C=O) groups is 1. The molecule has 2 aliphatic rings. The summed E-state index contributed by atoms with van der Waals surface area (Å²) in [6.07, 6.45) is 2.29. The van der Waals surface area contributed by atoms with E-state index >= 15 is 0 Å². The van der Waals surface area contributed by atoms with Crippen LogP contribution in [-0.4, -0.2) is 67.7 Å². The number of carbonyl (C=O) groups excluding carboxylic acids is 1. The third-order valence-electron chi connectivity index (χ3n) is 6.04. The first-order chi connectivity index (χ1) is 12.5. The van der Waals surface area contributed by atoms with Crippen LogP contribution in [0.3, 0.4) is 0 Å². The molecule has 1 N–H and O–H groups in total. The lowest BCUT2D eigenvalue weighted by Gasteiger charge is -2.44. The molecule has 26 heavy (non-hydrogen) atoms. The molecular formula is C21H33N3O2. The van der Waals surface area contributed by atoms with E-state index in [1.165, 1.54) is 0 Å². The average Bonchev–Trinajstić information content (AvgIpc) is 2.64. The van der Waals surface area contributed by atoms with Gasteiger partial charge in [-0.05, 0) is 56.8 Å². The number of hydrogen-bond acceptors (Lipinski definition) is 4. The number of piperidine rings is 1. The van der Waals surface area contributed by atoms with Gasteiger partial charge in [0.25, 0.3) is 0 Å². The lowest BCUT2D eigenvalue weighted by molar-refractivity contribution is -0.121. The highest BCUT2D eigenvalue weighted by Gasteiger charge is 2.35. The van der Waals surface area contributed by atoms with Crippen molar-refractivity contribution in [2.24, 2.45) is 5.41 Å². The number of nitrogens with one attached hydrogen (secondary N) is 1. The fourth-order valence-corrected chi connectivity index (χ4v) is 4.02. The molecule has 0 bridgehead atoms. The van der Waals surface area contributed by atoms with Gasteiger partial charge in [-0.3, -0.25) is 14.6 Å². The molecule has 2 fully saturated rings. The number of morpholine rings is 1. The average molecular weight is 360 g/mol. The maximum absolute atomic E-state index is 12.7. The van der Waals surface area contributed by atoms with E-state index < -0.39 is 0 Å². The van der Waals surface area contributed by atoms with Crippen molar-refractivity contribution in [3.05, 3.63) is 29.8 Å². The van der Waals surface area contributed by atoms with Crippen LogP contribution in [0.1, 0.15) is 32.3 Å². The van der Waals surface area contributed by atoms with Crippen LogP contribution in [0.2, 0.25) is 0 Å². The van der Waals surface area contributed by atoms with Crippen molar-refractivity contribution in [3.8, 4) is 0 Å². The summed E-state index contributed by atoms with van der Waals surface area (Å²) >= 11 is 0. The Bertz CT molecular complexity index is 605. The van der Waals surface area contributed by atoms with E-state index in [2.05, 4.69) is 22.0 Å². The highest BCUT2D eigenvalue weighted by atomic mass is 16.5. The third kappa shape index (κ3) is 4.84. The Morgan fingerprint density at radius 2 is 1.85 bits per heavy atom. The maximum Gasteiger partial charge on any atom is 0.241 e. The summed E-state index contributed by atoms with van der Waals surface area (Å²) < 4.78 is 5.46. The van der Waals surface area contributed by atoms with E-state index in [1.54, 1.807) is 0 Å². The summed E-state index contributed by atoms with van der Waals surface area (Å²) in [5, 5.41) is 3.09. The summed E-state index contributed by atoms with van der Waals surface area (Å²) in [6, 6.07) is 7.86. The van der Waals surface area contributed by atoms with Crippen LogP contribution < -0.4 is 5.32 Å². The van der Waals surface area contributed by atoms with Crippen LogP contribution in [0.15, 0.2) is 24.3 Å². The lowest BCUT2D eigenvalue weighted by Crippen LogP contribution is -2.51. The Labute approximate surface area is 157 Å². The molecule has 0 saturated carbocycles. The van der Waals surface area contributed by atoms with Gasteiger partial charge in [-0.2, -0.15) is 0 Å². The largest absolute Gasteiger partial charge is 0.379 e. The molecule has 5 nitrogen and oxygen atoms in total. The highest BCUT2D eigenvalue weighted by molar-refractivity contribution is 5.95. The van der Waals surface area contributed by atoms with Crippen molar-refractivity contribution in [2.75, 3.05) is 51.3 Å². The second kappa shape index (κ2) is 8.51. The van der Waals surface area contributed by atoms with Crippen LogP contribution in [0, 0.1) is 12.3 Å². The van der Waals surface area contributed by atoms with Gasteiger partial charge in [0.15, 0.2) is 0 Å². The Morgan fingerprint density at radius 1 is 1.19 bits per heavy atom. The van der Waals surface area contributed by atoms with Crippen molar-refractivity contribution in [1.29, 1.82) is 0 Å². The molecule has 0 unspecified atom stereocenters. The van der Waals surface area contributed by atoms with E-state index in [1.807, 2.05) is 38.1 Å². The number of hydrogen-bond donors (Lipinski definition) is 1. The van der Waals surface area contributed by atoms with Crippen molar-refractivity contribution in [3.63, 3.8) is 0 Å². The van der Waals surface area contributed by atoms with Gasteiger partial charge in [0.2, 0.25) is 5.91 Å². The minimum absolute atomic E-state index is 0.0936. The molecule has 144 valence electrons. The van der Waals surface area contributed by atoms with E-state index in [0.29, 0.717) is 5.41 Å². The van der Waals surface area contributed by atoms with E-state index in [4.69, 9.17) is 4.74 Å². The van der Waals surface area contributed by atoms with Crippen LogP contribution in [0.4, 0.5) is 5.69 Å². The number of ether oxygens (including phenoxy) is 1. The molecule has 1 amide bonds. The number of benzene rings is 1. The van der Waals surface area contributed by atoms with E-state index in [9.17, 15) is 4.79 Å². The number of anilines is 1. The quantitative estimate of drug-likeness (QED) is 0.878. The second-order valence-corrected chi connectivity index (χ2v) is 8.22. The van der Waals surface area contributed by atoms with Gasteiger partial charge in [-0.15, -0.1) is 0 Å². The molecule has 1 atom stereocenters. The predicted octanol–water partition coefficient (Wildman–Crippen LogP) is 2.76. The zero-order valence-corrected chi connectivity index (χ0v) is 16.5.